The van der Waals surface area contributed by atoms with E-state index in [-0.39, 0.29) is 12.1 Å². The number of esters is 1. The van der Waals surface area contributed by atoms with Gasteiger partial charge in [-0.15, -0.1) is 0 Å². The molecule has 3 nitrogen and oxygen atoms in total. The third-order valence-electron chi connectivity index (χ3n) is 2.31. The summed E-state index contributed by atoms with van der Waals surface area (Å²) in [7, 11) is 0. The predicted octanol–water partition coefficient (Wildman–Crippen LogP) is 3.45. The summed E-state index contributed by atoms with van der Waals surface area (Å²) in [6, 6.07) is 7.37. The van der Waals surface area contributed by atoms with Crippen LogP contribution in [-0.4, -0.2) is 17.1 Å². The Hall–Kier alpha value is -1.61. The molecule has 0 N–H and O–H groups in total. The van der Waals surface area contributed by atoms with E-state index in [1.54, 1.807) is 0 Å². The van der Waals surface area contributed by atoms with Crippen molar-refractivity contribution in [3.63, 3.8) is 0 Å². The fourth-order valence-corrected chi connectivity index (χ4v) is 1.81. The van der Waals surface area contributed by atoms with Crippen molar-refractivity contribution in [3.05, 3.63) is 41.2 Å². The molecule has 88 valence electrons. The standard InChI is InChI=1S/C13H12ClNO2/c1-8(2)17-13(16)11-7-15-12(14)10-6-4-3-5-9(10)11/h3-8H,1-2H3. The van der Waals surface area contributed by atoms with Crippen LogP contribution in [0.2, 0.25) is 5.15 Å². The Balaban J connectivity index is 2.55. The quantitative estimate of drug-likeness (QED) is 0.604. The van der Waals surface area contributed by atoms with Crippen LogP contribution in [0.5, 0.6) is 0 Å². The van der Waals surface area contributed by atoms with E-state index in [1.165, 1.54) is 6.20 Å². The van der Waals surface area contributed by atoms with Crippen molar-refractivity contribution in [2.45, 2.75) is 20.0 Å². The van der Waals surface area contributed by atoms with Gasteiger partial charge in [-0.3, -0.25) is 0 Å². The van der Waals surface area contributed by atoms with Crippen LogP contribution in [-0.2, 0) is 4.74 Å². The summed E-state index contributed by atoms with van der Waals surface area (Å²) in [5, 5.41) is 1.91. The van der Waals surface area contributed by atoms with Crippen LogP contribution in [0.15, 0.2) is 30.5 Å². The van der Waals surface area contributed by atoms with Gasteiger partial charge in [0.25, 0.3) is 0 Å². The van der Waals surface area contributed by atoms with Gasteiger partial charge in [0.1, 0.15) is 5.15 Å². The highest BCUT2D eigenvalue weighted by Crippen LogP contribution is 2.24. The Morgan fingerprint density at radius 1 is 1.29 bits per heavy atom. The minimum absolute atomic E-state index is 0.156. The second-order valence-corrected chi connectivity index (χ2v) is 4.32. The molecule has 0 aliphatic rings. The third kappa shape index (κ3) is 2.39. The molecule has 0 atom stereocenters. The maximum atomic E-state index is 11.9. The van der Waals surface area contributed by atoms with E-state index in [1.807, 2.05) is 38.1 Å². The Bertz CT molecular complexity index is 566. The van der Waals surface area contributed by atoms with E-state index < -0.39 is 0 Å². The largest absolute Gasteiger partial charge is 0.459 e. The minimum Gasteiger partial charge on any atom is -0.459 e. The number of halogens is 1. The van der Waals surface area contributed by atoms with E-state index in [9.17, 15) is 4.79 Å². The third-order valence-corrected chi connectivity index (χ3v) is 2.61. The summed E-state index contributed by atoms with van der Waals surface area (Å²) in [6.07, 6.45) is 1.30. The van der Waals surface area contributed by atoms with Crippen LogP contribution in [0.4, 0.5) is 0 Å². The Morgan fingerprint density at radius 3 is 2.59 bits per heavy atom. The van der Waals surface area contributed by atoms with Gasteiger partial charge in [0.2, 0.25) is 0 Å². The van der Waals surface area contributed by atoms with Crippen LogP contribution < -0.4 is 0 Å². The first-order valence-electron chi connectivity index (χ1n) is 5.34. The number of carbonyl (C=O) groups excluding carboxylic acids is 1. The van der Waals surface area contributed by atoms with Gasteiger partial charge in [-0.05, 0) is 13.8 Å². The normalized spacial score (nSPS) is 10.8. The van der Waals surface area contributed by atoms with Gasteiger partial charge >= 0.3 is 5.97 Å². The zero-order valence-corrected chi connectivity index (χ0v) is 10.4. The first kappa shape index (κ1) is 11.9. The molecule has 0 radical (unpaired) electrons. The number of nitrogens with zero attached hydrogens (tertiary/aromatic N) is 1. The Kier molecular flexibility index (Phi) is 3.29. The molecule has 0 unspecified atom stereocenters. The first-order chi connectivity index (χ1) is 8.09. The summed E-state index contributed by atoms with van der Waals surface area (Å²) in [5.74, 6) is -0.375. The fraction of sp³-hybridized carbons (Fsp3) is 0.231. The molecule has 0 saturated heterocycles. The molecular formula is C13H12ClNO2. The molecule has 2 aromatic rings. The number of pyridine rings is 1. The smallest absolute Gasteiger partial charge is 0.340 e. The van der Waals surface area contributed by atoms with Crippen molar-refractivity contribution in [2.75, 3.05) is 0 Å². The number of benzene rings is 1. The Labute approximate surface area is 104 Å². The number of hydrogen-bond donors (Lipinski definition) is 0. The van der Waals surface area contributed by atoms with Crippen molar-refractivity contribution in [2.24, 2.45) is 0 Å². The van der Waals surface area contributed by atoms with E-state index >= 15 is 0 Å². The molecule has 0 bridgehead atoms. The number of fused-ring (bicyclic) bond motifs is 1. The molecule has 1 aromatic carbocycles. The maximum Gasteiger partial charge on any atom is 0.340 e. The summed E-state index contributed by atoms with van der Waals surface area (Å²) >= 11 is 5.98. The summed E-state index contributed by atoms with van der Waals surface area (Å²) in [5.41, 5.74) is 0.443. The number of carbonyl (C=O) groups is 1. The van der Waals surface area contributed by atoms with Crippen molar-refractivity contribution >= 4 is 28.3 Å². The molecule has 0 aliphatic heterocycles. The highest BCUT2D eigenvalue weighted by Gasteiger charge is 2.14. The topological polar surface area (TPSA) is 39.2 Å². The zero-order chi connectivity index (χ0) is 12.4. The monoisotopic (exact) mass is 249 g/mol. The lowest BCUT2D eigenvalue weighted by Crippen LogP contribution is -2.12. The lowest BCUT2D eigenvalue weighted by atomic mass is 10.1. The summed E-state index contributed by atoms with van der Waals surface area (Å²) in [6.45, 7) is 3.62. The first-order valence-corrected chi connectivity index (χ1v) is 5.71. The van der Waals surface area contributed by atoms with Crippen LogP contribution in [0.3, 0.4) is 0 Å². The highest BCUT2D eigenvalue weighted by molar-refractivity contribution is 6.34. The van der Waals surface area contributed by atoms with Crippen molar-refractivity contribution in [1.82, 2.24) is 4.98 Å². The fourth-order valence-electron chi connectivity index (χ4n) is 1.60. The van der Waals surface area contributed by atoms with E-state index in [2.05, 4.69) is 4.98 Å². The van der Waals surface area contributed by atoms with Gasteiger partial charge in [0.15, 0.2) is 0 Å². The lowest BCUT2D eigenvalue weighted by Gasteiger charge is -2.10. The second-order valence-electron chi connectivity index (χ2n) is 3.96. The molecule has 0 amide bonds. The highest BCUT2D eigenvalue weighted by atomic mass is 35.5. The molecule has 0 spiro atoms. The molecular weight excluding hydrogens is 238 g/mol. The SMILES string of the molecule is CC(C)OC(=O)c1cnc(Cl)c2ccccc12. The molecule has 0 saturated carbocycles. The lowest BCUT2D eigenvalue weighted by molar-refractivity contribution is 0.0380. The maximum absolute atomic E-state index is 11.9. The van der Waals surface area contributed by atoms with Crippen LogP contribution in [0, 0.1) is 0 Å². The van der Waals surface area contributed by atoms with Gasteiger partial charge < -0.3 is 4.74 Å². The molecule has 0 fully saturated rings. The van der Waals surface area contributed by atoms with Crippen LogP contribution in [0.1, 0.15) is 24.2 Å². The second kappa shape index (κ2) is 4.72. The van der Waals surface area contributed by atoms with Crippen LogP contribution in [0.25, 0.3) is 10.8 Å². The molecule has 2 rings (SSSR count). The molecule has 4 heteroatoms. The van der Waals surface area contributed by atoms with Crippen molar-refractivity contribution in [1.29, 1.82) is 0 Å². The summed E-state index contributed by atoms with van der Waals surface area (Å²) in [4.78, 5) is 15.9. The number of hydrogen-bond acceptors (Lipinski definition) is 3. The summed E-state index contributed by atoms with van der Waals surface area (Å²) < 4.78 is 5.16. The van der Waals surface area contributed by atoms with Crippen molar-refractivity contribution < 1.29 is 9.53 Å². The van der Waals surface area contributed by atoms with Gasteiger partial charge in [-0.1, -0.05) is 35.9 Å². The molecule has 17 heavy (non-hydrogen) atoms. The average molecular weight is 250 g/mol. The zero-order valence-electron chi connectivity index (χ0n) is 9.61. The van der Waals surface area contributed by atoms with Gasteiger partial charge in [0, 0.05) is 17.0 Å². The van der Waals surface area contributed by atoms with E-state index in [0.717, 1.165) is 10.8 Å². The van der Waals surface area contributed by atoms with E-state index in [0.29, 0.717) is 10.7 Å². The Morgan fingerprint density at radius 2 is 1.94 bits per heavy atom. The minimum atomic E-state index is -0.375. The molecule has 0 aliphatic carbocycles. The molecule has 1 aromatic heterocycles. The number of rotatable bonds is 2. The molecule has 1 heterocycles. The van der Waals surface area contributed by atoms with Crippen molar-refractivity contribution in [3.8, 4) is 0 Å². The number of ether oxygens (including phenoxy) is 1. The predicted molar refractivity (Wildman–Crippen MR) is 67.3 cm³/mol. The average Bonchev–Trinajstić information content (AvgIpc) is 2.29. The van der Waals surface area contributed by atoms with Crippen LogP contribution >= 0.6 is 11.6 Å². The van der Waals surface area contributed by atoms with E-state index in [4.69, 9.17) is 16.3 Å². The van der Waals surface area contributed by atoms with Gasteiger partial charge in [0.05, 0.1) is 11.7 Å². The van der Waals surface area contributed by atoms with Gasteiger partial charge in [-0.25, -0.2) is 9.78 Å². The number of aromatic nitrogens is 1. The van der Waals surface area contributed by atoms with Gasteiger partial charge in [-0.2, -0.15) is 0 Å².